The lowest BCUT2D eigenvalue weighted by atomic mass is 10.1. The summed E-state index contributed by atoms with van der Waals surface area (Å²) in [4.78, 5) is 2.19. The molecular weight excluding hydrogens is 261 g/mol. The summed E-state index contributed by atoms with van der Waals surface area (Å²) in [5.41, 5.74) is 6.71. The van der Waals surface area contributed by atoms with Gasteiger partial charge in [-0.3, -0.25) is 4.90 Å². The Hall–Kier alpha value is -1.66. The van der Waals surface area contributed by atoms with Gasteiger partial charge in [0.25, 0.3) is 0 Å². The van der Waals surface area contributed by atoms with E-state index in [0.29, 0.717) is 18.2 Å². The molecule has 110 valence electrons. The number of oxime groups is 1. The maximum Gasteiger partial charge on any atom is 0.170 e. The number of rotatable bonds is 4. The van der Waals surface area contributed by atoms with Crippen LogP contribution in [0.25, 0.3) is 0 Å². The summed E-state index contributed by atoms with van der Waals surface area (Å²) in [6.45, 7) is 2.16. The van der Waals surface area contributed by atoms with E-state index in [1.54, 1.807) is 6.07 Å². The van der Waals surface area contributed by atoms with E-state index in [1.165, 1.54) is 12.1 Å². The number of benzene rings is 1. The zero-order valence-electron chi connectivity index (χ0n) is 11.6. The standard InChI is InChI=1S/C14H20FN3O2/c1-18(13-2-4-20-5-3-13)9-10-6-11(14(16)17-19)8-12(15)7-10/h6-8,13,19H,2-5,9H2,1H3,(H2,16,17). The molecule has 0 unspecified atom stereocenters. The highest BCUT2D eigenvalue weighted by Gasteiger charge is 2.18. The average Bonchev–Trinajstić information content (AvgIpc) is 2.46. The average molecular weight is 281 g/mol. The highest BCUT2D eigenvalue weighted by molar-refractivity contribution is 5.97. The van der Waals surface area contributed by atoms with Gasteiger partial charge in [0.1, 0.15) is 5.82 Å². The lowest BCUT2D eigenvalue weighted by molar-refractivity contribution is 0.0406. The van der Waals surface area contributed by atoms with Gasteiger partial charge >= 0.3 is 0 Å². The molecule has 5 nitrogen and oxygen atoms in total. The van der Waals surface area contributed by atoms with Crippen LogP contribution in [-0.2, 0) is 11.3 Å². The van der Waals surface area contributed by atoms with E-state index in [1.807, 2.05) is 7.05 Å². The molecule has 20 heavy (non-hydrogen) atoms. The van der Waals surface area contributed by atoms with Crippen molar-refractivity contribution in [3.8, 4) is 0 Å². The number of nitrogens with two attached hydrogens (primary N) is 1. The second-order valence-corrected chi connectivity index (χ2v) is 5.09. The van der Waals surface area contributed by atoms with Gasteiger partial charge in [-0.1, -0.05) is 5.16 Å². The van der Waals surface area contributed by atoms with Gasteiger partial charge in [0.2, 0.25) is 0 Å². The van der Waals surface area contributed by atoms with Gasteiger partial charge in [-0.05, 0) is 43.7 Å². The Kier molecular flexibility index (Phi) is 4.92. The molecule has 0 saturated carbocycles. The predicted octanol–water partition coefficient (Wildman–Crippen LogP) is 1.53. The first-order valence-corrected chi connectivity index (χ1v) is 6.65. The number of nitrogens with zero attached hydrogens (tertiary/aromatic N) is 2. The second kappa shape index (κ2) is 6.67. The van der Waals surface area contributed by atoms with Crippen molar-refractivity contribution in [1.82, 2.24) is 4.90 Å². The zero-order chi connectivity index (χ0) is 14.5. The van der Waals surface area contributed by atoms with E-state index in [4.69, 9.17) is 15.7 Å². The molecule has 1 aliphatic heterocycles. The lowest BCUT2D eigenvalue weighted by Crippen LogP contribution is -2.36. The number of halogens is 1. The van der Waals surface area contributed by atoms with Gasteiger partial charge in [-0.25, -0.2) is 4.39 Å². The minimum atomic E-state index is -0.385. The summed E-state index contributed by atoms with van der Waals surface area (Å²) >= 11 is 0. The summed E-state index contributed by atoms with van der Waals surface area (Å²) < 4.78 is 18.9. The second-order valence-electron chi connectivity index (χ2n) is 5.09. The Morgan fingerprint density at radius 3 is 2.80 bits per heavy atom. The highest BCUT2D eigenvalue weighted by atomic mass is 19.1. The first-order valence-electron chi connectivity index (χ1n) is 6.65. The van der Waals surface area contributed by atoms with Gasteiger partial charge < -0.3 is 15.7 Å². The summed E-state index contributed by atoms with van der Waals surface area (Å²) in [5, 5.41) is 11.6. The Bertz CT molecular complexity index is 487. The first kappa shape index (κ1) is 14.7. The highest BCUT2D eigenvalue weighted by Crippen LogP contribution is 2.17. The van der Waals surface area contributed by atoms with Gasteiger partial charge in [-0.2, -0.15) is 0 Å². The van der Waals surface area contributed by atoms with Crippen molar-refractivity contribution >= 4 is 5.84 Å². The summed E-state index contributed by atoms with van der Waals surface area (Å²) in [5.74, 6) is -0.469. The van der Waals surface area contributed by atoms with Crippen LogP contribution in [0.3, 0.4) is 0 Å². The summed E-state index contributed by atoms with van der Waals surface area (Å²) in [7, 11) is 2.02. The number of hydrogen-bond acceptors (Lipinski definition) is 4. The lowest BCUT2D eigenvalue weighted by Gasteiger charge is -2.31. The molecule has 0 aliphatic carbocycles. The van der Waals surface area contributed by atoms with Crippen LogP contribution in [0.4, 0.5) is 4.39 Å². The largest absolute Gasteiger partial charge is 0.409 e. The van der Waals surface area contributed by atoms with Crippen LogP contribution in [0.15, 0.2) is 23.4 Å². The predicted molar refractivity (Wildman–Crippen MR) is 74.2 cm³/mol. The van der Waals surface area contributed by atoms with Crippen LogP contribution in [0.5, 0.6) is 0 Å². The summed E-state index contributed by atoms with van der Waals surface area (Å²) in [6, 6.07) is 4.92. The number of hydrogen-bond donors (Lipinski definition) is 2. The van der Waals surface area contributed by atoms with Crippen LogP contribution in [0.2, 0.25) is 0 Å². The molecule has 0 aromatic heterocycles. The van der Waals surface area contributed by atoms with E-state index in [2.05, 4.69) is 10.1 Å². The van der Waals surface area contributed by atoms with Crippen LogP contribution < -0.4 is 5.73 Å². The minimum Gasteiger partial charge on any atom is -0.409 e. The smallest absolute Gasteiger partial charge is 0.170 e. The van der Waals surface area contributed by atoms with E-state index in [0.717, 1.165) is 31.6 Å². The van der Waals surface area contributed by atoms with E-state index < -0.39 is 0 Å². The molecule has 2 rings (SSSR count). The van der Waals surface area contributed by atoms with Crippen LogP contribution in [0.1, 0.15) is 24.0 Å². The van der Waals surface area contributed by atoms with Crippen molar-refractivity contribution in [1.29, 1.82) is 0 Å². The third-order valence-electron chi connectivity index (χ3n) is 3.61. The maximum absolute atomic E-state index is 13.6. The fraction of sp³-hybridized carbons (Fsp3) is 0.500. The van der Waals surface area contributed by atoms with E-state index in [9.17, 15) is 4.39 Å². The number of amidine groups is 1. The third-order valence-corrected chi connectivity index (χ3v) is 3.61. The van der Waals surface area contributed by atoms with Crippen molar-refractivity contribution in [3.05, 3.63) is 35.1 Å². The van der Waals surface area contributed by atoms with Crippen molar-refractivity contribution in [2.75, 3.05) is 20.3 Å². The molecule has 1 fully saturated rings. The molecule has 1 aromatic carbocycles. The van der Waals surface area contributed by atoms with Crippen molar-refractivity contribution in [2.45, 2.75) is 25.4 Å². The molecule has 0 atom stereocenters. The van der Waals surface area contributed by atoms with Crippen LogP contribution in [-0.4, -0.2) is 42.2 Å². The maximum atomic E-state index is 13.6. The molecule has 0 amide bonds. The van der Waals surface area contributed by atoms with Gasteiger partial charge in [0.05, 0.1) is 0 Å². The van der Waals surface area contributed by atoms with E-state index in [-0.39, 0.29) is 11.7 Å². The first-order chi connectivity index (χ1) is 9.60. The molecular formula is C14H20FN3O2. The van der Waals surface area contributed by atoms with Crippen molar-refractivity contribution in [2.24, 2.45) is 10.9 Å². The molecule has 1 aromatic rings. The van der Waals surface area contributed by atoms with Gasteiger partial charge in [-0.15, -0.1) is 0 Å². The normalized spacial score (nSPS) is 17.6. The Balaban J connectivity index is 2.10. The van der Waals surface area contributed by atoms with Gasteiger partial charge in [0, 0.05) is 31.4 Å². The Morgan fingerprint density at radius 1 is 1.45 bits per heavy atom. The molecule has 0 radical (unpaired) electrons. The SMILES string of the molecule is CN(Cc1cc(F)cc(/C(N)=N/O)c1)C1CCOCC1. The van der Waals surface area contributed by atoms with Crippen LogP contribution >= 0.6 is 0 Å². The molecule has 0 spiro atoms. The Labute approximate surface area is 117 Å². The monoisotopic (exact) mass is 281 g/mol. The molecule has 0 bridgehead atoms. The zero-order valence-corrected chi connectivity index (χ0v) is 11.6. The fourth-order valence-electron chi connectivity index (χ4n) is 2.49. The van der Waals surface area contributed by atoms with Crippen molar-refractivity contribution in [3.63, 3.8) is 0 Å². The molecule has 6 heteroatoms. The number of ether oxygens (including phenoxy) is 1. The van der Waals surface area contributed by atoms with E-state index >= 15 is 0 Å². The fourth-order valence-corrected chi connectivity index (χ4v) is 2.49. The topological polar surface area (TPSA) is 71.1 Å². The third kappa shape index (κ3) is 3.68. The summed E-state index contributed by atoms with van der Waals surface area (Å²) in [6.07, 6.45) is 1.97. The minimum absolute atomic E-state index is 0.0838. The van der Waals surface area contributed by atoms with Gasteiger partial charge in [0.15, 0.2) is 5.84 Å². The quantitative estimate of drug-likeness (QED) is 0.380. The molecule has 1 saturated heterocycles. The van der Waals surface area contributed by atoms with Crippen LogP contribution in [0, 0.1) is 5.82 Å². The molecule has 1 heterocycles. The van der Waals surface area contributed by atoms with Crippen molar-refractivity contribution < 1.29 is 14.3 Å². The molecule has 1 aliphatic rings. The molecule has 3 N–H and O–H groups in total. The Morgan fingerprint density at radius 2 is 2.15 bits per heavy atom.